The van der Waals surface area contributed by atoms with Crippen molar-refractivity contribution in [2.75, 3.05) is 6.61 Å². The lowest BCUT2D eigenvalue weighted by atomic mass is 9.81. The van der Waals surface area contributed by atoms with Gasteiger partial charge in [0, 0.05) is 81.9 Å². The molecule has 10 aliphatic heterocycles. The number of thioether (sulfide) groups is 4. The van der Waals surface area contributed by atoms with E-state index in [0.717, 1.165) is 51.1 Å². The molecule has 40 heteroatoms. The number of benzene rings is 4. The molecule has 2 saturated heterocycles. The number of aromatic nitrogens is 4. The number of halogens is 12. The van der Waals surface area contributed by atoms with Crippen LogP contribution in [0.3, 0.4) is 0 Å². The molecule has 0 unspecified atom stereocenters. The summed E-state index contributed by atoms with van der Waals surface area (Å²) < 4.78 is 69.6. The number of nitrogens with zero attached hydrogens (tertiary/aromatic N) is 14. The Labute approximate surface area is 878 Å². The summed E-state index contributed by atoms with van der Waals surface area (Å²) in [4.78, 5) is 128. The molecule has 0 spiro atoms. The van der Waals surface area contributed by atoms with Gasteiger partial charge in [0.15, 0.2) is 20.7 Å². The monoisotopic (exact) mass is 2170 g/mol. The van der Waals surface area contributed by atoms with Crippen molar-refractivity contribution in [3.05, 3.63) is 297 Å². The predicted octanol–water partition coefficient (Wildman–Crippen LogP) is 25.9. The van der Waals surface area contributed by atoms with Crippen LogP contribution in [0, 0.1) is 46.9 Å². The number of carbonyl (C=O) groups is 6. The Morgan fingerprint density at radius 1 is 0.408 bits per heavy atom. The fourth-order valence-electron chi connectivity index (χ4n) is 19.9. The number of amidine groups is 4. The topological polar surface area (TPSA) is 282 Å². The Hall–Kier alpha value is -9.42. The summed E-state index contributed by atoms with van der Waals surface area (Å²) in [7, 11) is 0. The number of likely N-dealkylation sites (tertiary alicyclic amines) is 2. The first-order chi connectivity index (χ1) is 66.9. The maximum atomic E-state index is 14.9. The minimum Gasteiger partial charge on any atom is -0.480 e. The number of aliphatic imine (C=N–C) groups is 4. The van der Waals surface area contributed by atoms with Gasteiger partial charge in [0.1, 0.15) is 103 Å². The van der Waals surface area contributed by atoms with Gasteiger partial charge in [-0.05, 0) is 261 Å². The molecule has 24 nitrogen and oxygen atoms in total. The second kappa shape index (κ2) is 41.8. The van der Waals surface area contributed by atoms with Crippen molar-refractivity contribution in [3.63, 3.8) is 0 Å². The summed E-state index contributed by atoms with van der Waals surface area (Å²) in [5.74, 6) is -5.76. The van der Waals surface area contributed by atoms with Gasteiger partial charge in [-0.1, -0.05) is 197 Å². The first-order valence-electron chi connectivity index (χ1n) is 45.9. The lowest BCUT2D eigenvalue weighted by molar-refractivity contribution is -0.163. The average Bonchev–Trinajstić information content (AvgIpc) is 1.58. The van der Waals surface area contributed by atoms with Crippen molar-refractivity contribution in [1.82, 2.24) is 49.3 Å². The maximum Gasteiger partial charge on any atom is 0.346 e. The second-order valence-corrected chi connectivity index (χ2v) is 45.6. The molecule has 14 heterocycles. The minimum atomic E-state index is -1.01. The summed E-state index contributed by atoms with van der Waals surface area (Å²) >= 11 is 53.1. The molecule has 0 bridgehead atoms. The number of amides is 2. The van der Waals surface area contributed by atoms with E-state index in [4.69, 9.17) is 122 Å². The molecule has 18 rings (SSSR count). The number of hydrogen-bond donors (Lipinski definition) is 2. The third-order valence-corrected chi connectivity index (χ3v) is 32.7. The highest BCUT2D eigenvalue weighted by molar-refractivity contribution is 8.19. The standard InChI is InChI=1S/C31H35Cl2FN4O3S.C27H27Cl2FN4O3S.C23H22Cl2FN3O2S.C21H18Cl2FN3O2S/c1-16(2)24-25(27(39)37-17(3)8-12-22(37)28(40)41-30(4,5)6)42-29-36-31(7,19-10-13-23(33)35-15-19)26(38(24)29)18-9-11-20(32)21(34)14-18;1-13(2)21-22(24(35)33-14(3)5-9-19(33)25(36)37)38-26-32-27(4,16-7-10-20(29)31-12-16)23(34(21)26)15-6-8-17(28)18(30)11-15;1-5-31-21(30)19-18(12(2)3)29-20(13-6-8-15(24)16(26)10-13)23(4,28-22(29)32-19)14-7-9-17(25)27-11-14;1-10(2)16-17(19(28)29)30-20-26-21(3,12-5-7-15(23)25-9-12)18(27(16)20)11-4-6-13(22)14(24)8-11/h9-11,13-17,22,26H,8,12H2,1-7H3;6-8,10-14,19,23H,5,9H2,1-4H3,(H,36,37);6-12,20H,5H2,1-4H3;4-10,18H,1-3H3,(H,28,29)/t17-,22+,26-,31+;14-,19+,23-,27+;20-,23+;18-,21+/m1111/s1. The number of carbonyl (C=O) groups excluding carboxylic acids is 4. The molecule has 2 N–H and O–H groups in total. The van der Waals surface area contributed by atoms with E-state index >= 15 is 0 Å². The van der Waals surface area contributed by atoms with Crippen LogP contribution in [0.15, 0.2) is 208 Å². The predicted molar refractivity (Wildman–Crippen MR) is 554 cm³/mol. The van der Waals surface area contributed by atoms with Crippen molar-refractivity contribution in [2.45, 2.75) is 226 Å². The number of fused-ring (bicyclic) bond motifs is 4. The molecule has 10 aliphatic rings. The number of aliphatic carboxylic acids is 2. The highest BCUT2D eigenvalue weighted by Crippen LogP contribution is 2.63. The van der Waals surface area contributed by atoms with Gasteiger partial charge in [-0.2, -0.15) is 0 Å². The Morgan fingerprint density at radius 3 is 0.930 bits per heavy atom. The Balaban J connectivity index is 0.000000144. The van der Waals surface area contributed by atoms with E-state index in [9.17, 15) is 56.5 Å². The van der Waals surface area contributed by atoms with Crippen LogP contribution in [-0.4, -0.2) is 152 Å². The molecule has 2 fully saturated rings. The summed E-state index contributed by atoms with van der Waals surface area (Å²) in [6.07, 6.45) is 8.94. The fourth-order valence-corrected chi connectivity index (χ4v) is 26.0. The van der Waals surface area contributed by atoms with E-state index < -0.39 is 105 Å². The van der Waals surface area contributed by atoms with Gasteiger partial charge in [0.05, 0.1) is 50.9 Å². The van der Waals surface area contributed by atoms with E-state index in [0.29, 0.717) is 110 Å². The van der Waals surface area contributed by atoms with Crippen molar-refractivity contribution >= 4 is 196 Å². The maximum absolute atomic E-state index is 14.9. The molecule has 8 aromatic rings. The molecular formula is C102H102Cl8F4N14O10S4. The smallest absolute Gasteiger partial charge is 0.346 e. The van der Waals surface area contributed by atoms with E-state index in [1.54, 1.807) is 91.2 Å². The number of hydrogen-bond acceptors (Lipinski definition) is 24. The van der Waals surface area contributed by atoms with E-state index in [1.807, 2.05) is 162 Å². The van der Waals surface area contributed by atoms with Crippen molar-refractivity contribution in [3.8, 4) is 0 Å². The molecule has 12 atom stereocenters. The number of carboxylic acids is 2. The van der Waals surface area contributed by atoms with Crippen LogP contribution < -0.4 is 0 Å². The van der Waals surface area contributed by atoms with Crippen LogP contribution in [0.1, 0.15) is 219 Å². The molecule has 748 valence electrons. The first-order valence-corrected chi connectivity index (χ1v) is 52.2. The number of allylic oxidation sites excluding steroid dienone is 4. The zero-order valence-electron chi connectivity index (χ0n) is 80.4. The molecule has 2 amide bonds. The van der Waals surface area contributed by atoms with Gasteiger partial charge in [0.25, 0.3) is 11.8 Å². The molecule has 4 aromatic heterocycles. The normalized spacial score (nSPS) is 24.8. The number of ether oxygens (including phenoxy) is 2. The number of esters is 2. The van der Waals surface area contributed by atoms with E-state index in [2.05, 4.69) is 19.9 Å². The fraction of sp³-hybridized carbons (Fsp3) is 0.392. The minimum absolute atomic E-state index is 0.0000499. The Bertz CT molecular complexity index is 6680. The SMILES string of the molecule is CC(C)C1=C(C(=O)N2[C@H](C)CC[C@H]2C(=O)O)SC2=N[C@@](C)(c3ccc(Cl)nc3)[C@@H](c3ccc(Cl)c(F)c3)N21.CC(C)C1=C(C(=O)N2[C@H](C)CC[C@H]2C(=O)OC(C)(C)C)SC2=N[C@@](C)(c3ccc(Cl)nc3)[C@@H](c3ccc(Cl)c(F)c3)N21.CC(C)C1=C(C(=O)O)SC2=N[C@@](C)(c3ccc(Cl)nc3)[C@@H](c3ccc(Cl)c(F)c3)N21.CCOC(=O)C1=C(C(C)C)N2C(=N[C@@](C)(c3ccc(Cl)nc3)[C@H]2c2ccc(Cl)c(F)c2)S1. The van der Waals surface area contributed by atoms with Crippen molar-refractivity contribution < 1.29 is 66.0 Å². The van der Waals surface area contributed by atoms with Crippen molar-refractivity contribution in [2.24, 2.45) is 43.6 Å². The molecule has 142 heavy (non-hydrogen) atoms. The third kappa shape index (κ3) is 20.3. The third-order valence-electron chi connectivity index (χ3n) is 26.3. The Morgan fingerprint density at radius 2 is 0.676 bits per heavy atom. The van der Waals surface area contributed by atoms with Gasteiger partial charge >= 0.3 is 23.9 Å². The number of pyridine rings is 4. The summed E-state index contributed by atoms with van der Waals surface area (Å²) in [5, 5.41) is 23.5. The largest absolute Gasteiger partial charge is 0.480 e. The van der Waals surface area contributed by atoms with E-state index in [-0.39, 0.29) is 85.1 Å². The van der Waals surface area contributed by atoms with Crippen LogP contribution in [0.2, 0.25) is 40.7 Å². The highest BCUT2D eigenvalue weighted by Gasteiger charge is 2.60. The van der Waals surface area contributed by atoms with Gasteiger partial charge < -0.3 is 49.1 Å². The van der Waals surface area contributed by atoms with Gasteiger partial charge in [-0.25, -0.2) is 76.6 Å². The highest BCUT2D eigenvalue weighted by atomic mass is 35.5. The molecular weight excluding hydrogens is 2070 g/mol. The van der Waals surface area contributed by atoms with E-state index in [1.165, 1.54) is 82.7 Å². The summed E-state index contributed by atoms with van der Waals surface area (Å²) in [5.41, 5.74) is 4.67. The van der Waals surface area contributed by atoms with Crippen molar-refractivity contribution in [1.29, 1.82) is 0 Å². The van der Waals surface area contributed by atoms with Crippen LogP contribution >= 0.6 is 140 Å². The second-order valence-electron chi connectivity index (χ2n) is 38.5. The lowest BCUT2D eigenvalue weighted by Gasteiger charge is -2.37. The van der Waals surface area contributed by atoms with Gasteiger partial charge in [0.2, 0.25) is 0 Å². The zero-order valence-corrected chi connectivity index (χ0v) is 89.7. The van der Waals surface area contributed by atoms with Gasteiger partial charge in [-0.15, -0.1) is 0 Å². The van der Waals surface area contributed by atoms with Crippen LogP contribution in [0.5, 0.6) is 0 Å². The number of rotatable bonds is 19. The summed E-state index contributed by atoms with van der Waals surface area (Å²) in [6.45, 7) is 35.1. The zero-order chi connectivity index (χ0) is 103. The van der Waals surface area contributed by atoms with Crippen LogP contribution in [0.4, 0.5) is 17.6 Å². The van der Waals surface area contributed by atoms with Crippen LogP contribution in [-0.2, 0) is 60.4 Å². The number of carboxylic acid groups (broad SMARTS) is 2. The molecule has 4 aromatic carbocycles. The summed E-state index contributed by atoms with van der Waals surface area (Å²) in [6, 6.07) is 29.2. The molecule has 0 aliphatic carbocycles. The first kappa shape index (κ1) is 107. The molecule has 0 saturated carbocycles. The Kier molecular flexibility index (Phi) is 31.5. The van der Waals surface area contributed by atoms with Crippen LogP contribution in [0.25, 0.3) is 0 Å². The quantitative estimate of drug-likeness (QED) is 0.0432. The average molecular weight is 2170 g/mol. The van der Waals surface area contributed by atoms with Gasteiger partial charge in [-0.3, -0.25) is 9.59 Å². The lowest BCUT2D eigenvalue weighted by Crippen LogP contribution is -2.46. The molecule has 0 radical (unpaired) electrons.